The first-order valence-electron chi connectivity index (χ1n) is 10.8. The van der Waals surface area contributed by atoms with E-state index in [1.165, 1.54) is 5.56 Å². The first-order valence-corrected chi connectivity index (χ1v) is 10.8. The number of azo groups is 1. The molecule has 0 aliphatic carbocycles. The molecule has 2 aliphatic heterocycles. The molecule has 3 heterocycles. The van der Waals surface area contributed by atoms with Gasteiger partial charge in [-0.05, 0) is 41.1 Å². The van der Waals surface area contributed by atoms with Gasteiger partial charge in [0.05, 0.1) is 5.52 Å². The van der Waals surface area contributed by atoms with Crippen molar-refractivity contribution < 1.29 is 14.6 Å². The van der Waals surface area contributed by atoms with Crippen LogP contribution in [0.5, 0.6) is 11.5 Å². The average Bonchev–Trinajstić information content (AvgIpc) is 3.24. The summed E-state index contributed by atoms with van der Waals surface area (Å²) < 4.78 is 11.8. The van der Waals surface area contributed by atoms with Crippen LogP contribution in [0.25, 0.3) is 22.0 Å². The van der Waals surface area contributed by atoms with Gasteiger partial charge in [-0.15, -0.1) is 5.11 Å². The number of aromatic nitrogens is 1. The Morgan fingerprint density at radius 1 is 0.909 bits per heavy atom. The summed E-state index contributed by atoms with van der Waals surface area (Å²) in [5.74, 6) is 2.46. The molecule has 162 valence electrons. The molecule has 1 aromatic heterocycles. The number of para-hydroxylation sites is 3. The molecule has 4 aromatic rings. The Kier molecular flexibility index (Phi) is 4.74. The van der Waals surface area contributed by atoms with Gasteiger partial charge in [0.2, 0.25) is 5.56 Å². The molecule has 0 spiro atoms. The zero-order valence-electron chi connectivity index (χ0n) is 17.7. The van der Waals surface area contributed by atoms with Crippen LogP contribution >= 0.6 is 0 Å². The van der Waals surface area contributed by atoms with Crippen LogP contribution in [0, 0.1) is 0 Å². The summed E-state index contributed by atoms with van der Waals surface area (Å²) in [5.41, 5.74) is 4.04. The van der Waals surface area contributed by atoms with Crippen molar-refractivity contribution in [2.24, 2.45) is 5.11 Å². The Hall–Kier alpha value is -4.23. The monoisotopic (exact) mass is 437 g/mol. The maximum Gasteiger partial charge on any atom is 0.331 e. The van der Waals surface area contributed by atoms with E-state index in [2.05, 4.69) is 44.8 Å². The molecule has 0 radical (unpaired) electrons. The molecule has 0 amide bonds. The van der Waals surface area contributed by atoms with Crippen molar-refractivity contribution in [1.82, 2.24) is 10.3 Å². The molecule has 7 heteroatoms. The van der Waals surface area contributed by atoms with Gasteiger partial charge >= 0.3 is 5.88 Å². The normalized spacial score (nSPS) is 16.3. The van der Waals surface area contributed by atoms with E-state index >= 15 is 0 Å². The maximum atomic E-state index is 11.8. The summed E-state index contributed by atoms with van der Waals surface area (Å²) in [6.45, 7) is 0.732. The number of hydrogen-bond acceptors (Lipinski definition) is 5. The molecule has 0 bridgehead atoms. The molecule has 1 unspecified atom stereocenters. The van der Waals surface area contributed by atoms with Gasteiger partial charge in [0.15, 0.2) is 11.5 Å². The predicted octanol–water partition coefficient (Wildman–Crippen LogP) is 2.84. The fraction of sp³-hybridized carbons (Fsp3) is 0.115. The Balaban J connectivity index is 1.12. The average molecular weight is 437 g/mol. The fourth-order valence-electron chi connectivity index (χ4n) is 4.15. The van der Waals surface area contributed by atoms with Gasteiger partial charge < -0.3 is 14.5 Å². The number of pyridine rings is 1. The number of benzene rings is 3. The van der Waals surface area contributed by atoms with Gasteiger partial charge in [0.1, 0.15) is 0 Å². The lowest BCUT2D eigenvalue weighted by Gasteiger charge is -2.17. The number of aromatic amines is 1. The highest BCUT2D eigenvalue weighted by molar-refractivity contribution is 5.93. The van der Waals surface area contributed by atoms with Crippen LogP contribution in [-0.4, -0.2) is 17.7 Å². The van der Waals surface area contributed by atoms with Gasteiger partial charge in [-0.3, -0.25) is 10.1 Å². The zero-order chi connectivity index (χ0) is 22.2. The van der Waals surface area contributed by atoms with Gasteiger partial charge in [0, 0.05) is 23.3 Å². The van der Waals surface area contributed by atoms with E-state index in [0.29, 0.717) is 23.1 Å². The number of H-pyrrole nitrogens is 1. The standard InChI is InChI=1S/C26H20N4O3/c31-22-13-12-18-4-3-5-19(23(18)28-22)17-10-8-16(9-11-17)14-15-27-25-24-26(30-29-25)33-21-7-2-1-6-20(21)32-24/h1-13,25,27H,14-15H2,(H,28,31)/p+1. The van der Waals surface area contributed by atoms with Crippen molar-refractivity contribution >= 4 is 10.9 Å². The highest BCUT2D eigenvalue weighted by atomic mass is 16.6. The quantitative estimate of drug-likeness (QED) is 0.448. The van der Waals surface area contributed by atoms with Crippen LogP contribution in [0.1, 0.15) is 5.56 Å². The molecule has 0 saturated heterocycles. The van der Waals surface area contributed by atoms with Crippen molar-refractivity contribution in [1.29, 1.82) is 0 Å². The van der Waals surface area contributed by atoms with Crippen molar-refractivity contribution in [2.75, 3.05) is 6.54 Å². The summed E-state index contributed by atoms with van der Waals surface area (Å²) >= 11 is 0. The second-order valence-electron chi connectivity index (χ2n) is 7.99. The summed E-state index contributed by atoms with van der Waals surface area (Å²) in [7, 11) is 0. The number of nitrogens with zero attached hydrogens (tertiary/aromatic N) is 1. The van der Waals surface area contributed by atoms with Crippen LogP contribution in [0.15, 0.2) is 100 Å². The highest BCUT2D eigenvalue weighted by Crippen LogP contribution is 2.35. The molecular weight excluding hydrogens is 416 g/mol. The van der Waals surface area contributed by atoms with Gasteiger partial charge in [-0.2, -0.15) is 0 Å². The Morgan fingerprint density at radius 3 is 2.58 bits per heavy atom. The van der Waals surface area contributed by atoms with Crippen LogP contribution < -0.4 is 25.5 Å². The van der Waals surface area contributed by atoms with Crippen LogP contribution in [0.2, 0.25) is 0 Å². The maximum absolute atomic E-state index is 11.8. The van der Waals surface area contributed by atoms with Crippen LogP contribution in [-0.2, 0) is 6.42 Å². The Morgan fingerprint density at radius 2 is 1.73 bits per heavy atom. The number of nitrogens with one attached hydrogen (secondary N) is 3. The fourth-order valence-corrected chi connectivity index (χ4v) is 4.15. The first kappa shape index (κ1) is 19.5. The minimum absolute atomic E-state index is 0.0981. The van der Waals surface area contributed by atoms with Crippen molar-refractivity contribution in [3.63, 3.8) is 0 Å². The van der Waals surface area contributed by atoms with E-state index in [0.717, 1.165) is 35.0 Å². The van der Waals surface area contributed by atoms with Gasteiger partial charge in [0.25, 0.3) is 11.9 Å². The van der Waals surface area contributed by atoms with Crippen LogP contribution in [0.4, 0.5) is 0 Å². The third-order valence-electron chi connectivity index (χ3n) is 5.83. The molecule has 0 saturated carbocycles. The minimum atomic E-state index is -0.236. The smallest absolute Gasteiger partial charge is 0.331 e. The number of fused-ring (bicyclic) bond motifs is 2. The lowest BCUT2D eigenvalue weighted by atomic mass is 10.00. The third kappa shape index (κ3) is 3.68. The molecule has 7 nitrogen and oxygen atoms in total. The van der Waals surface area contributed by atoms with E-state index in [1.54, 1.807) is 6.07 Å². The molecule has 3 aromatic carbocycles. The van der Waals surface area contributed by atoms with Crippen molar-refractivity contribution in [3.8, 4) is 22.6 Å². The molecule has 2 aliphatic rings. The molecular formula is C26H21N4O3+. The molecule has 33 heavy (non-hydrogen) atoms. The molecule has 0 fully saturated rings. The first-order chi connectivity index (χ1) is 16.2. The Labute approximate surface area is 189 Å². The van der Waals surface area contributed by atoms with E-state index in [1.807, 2.05) is 48.5 Å². The second kappa shape index (κ2) is 8.03. The van der Waals surface area contributed by atoms with Crippen molar-refractivity contribution in [3.05, 3.63) is 106 Å². The highest BCUT2D eigenvalue weighted by Gasteiger charge is 2.37. The molecule has 1 atom stereocenters. The molecule has 6 rings (SSSR count). The van der Waals surface area contributed by atoms with Crippen LogP contribution in [0.3, 0.4) is 0 Å². The topological polar surface area (TPSA) is 89.7 Å². The lowest BCUT2D eigenvalue weighted by Crippen LogP contribution is -2.77. The van der Waals surface area contributed by atoms with Gasteiger partial charge in [-0.1, -0.05) is 54.6 Å². The summed E-state index contributed by atoms with van der Waals surface area (Å²) in [6.07, 6.45) is 0.602. The summed E-state index contributed by atoms with van der Waals surface area (Å²) in [4.78, 5) is 14.8. The number of hydrogen-bond donors (Lipinski definition) is 3. The largest absolute Gasteiger partial charge is 0.444 e. The lowest BCUT2D eigenvalue weighted by molar-refractivity contribution is -0.562. The summed E-state index contributed by atoms with van der Waals surface area (Å²) in [6, 6.07) is 25.4. The van der Waals surface area contributed by atoms with E-state index in [4.69, 9.17) is 9.47 Å². The number of rotatable bonds is 5. The van der Waals surface area contributed by atoms with E-state index in [9.17, 15) is 4.79 Å². The summed E-state index contributed by atoms with van der Waals surface area (Å²) in [5, 5.41) is 11.7. The Bertz CT molecular complexity index is 1470. The minimum Gasteiger partial charge on any atom is -0.444 e. The second-order valence-corrected chi connectivity index (χ2v) is 7.99. The predicted molar refractivity (Wildman–Crippen MR) is 124 cm³/mol. The molecule has 3 N–H and O–H groups in total. The van der Waals surface area contributed by atoms with Crippen molar-refractivity contribution in [2.45, 2.75) is 12.6 Å². The SMILES string of the molecule is O=c1ccc2cccc(-c3ccc(CCNC4[NH+]=NC5=C4Oc4ccccc4O5)cc3)c2[nH]1. The van der Waals surface area contributed by atoms with E-state index in [-0.39, 0.29) is 11.7 Å². The zero-order valence-corrected chi connectivity index (χ0v) is 17.7. The third-order valence-corrected chi connectivity index (χ3v) is 5.83. The number of ether oxygens (including phenoxy) is 2. The van der Waals surface area contributed by atoms with Gasteiger partial charge in [-0.25, -0.2) is 0 Å². The van der Waals surface area contributed by atoms with E-state index < -0.39 is 0 Å².